The molecule has 11 heavy (non-hydrogen) atoms. The van der Waals surface area contributed by atoms with E-state index >= 15 is 0 Å². The minimum Gasteiger partial charge on any atom is -0.214 e. The van der Waals surface area contributed by atoms with Crippen molar-refractivity contribution in [3.05, 3.63) is 60.7 Å². The average Bonchev–Trinajstić information content (AvgIpc) is 2.67. The molecule has 0 nitrogen and oxygen atoms in total. The van der Waals surface area contributed by atoms with Crippen molar-refractivity contribution in [1.29, 1.82) is 0 Å². The fraction of sp³-hybridized carbons (Fsp3) is 0. The van der Waals surface area contributed by atoms with Gasteiger partial charge in [-0.1, -0.05) is 0 Å². The van der Waals surface area contributed by atoms with Crippen LogP contribution in [0.4, 0.5) is 0 Å². The van der Waals surface area contributed by atoms with E-state index in [1.54, 1.807) is 0 Å². The molecule has 0 spiro atoms. The first-order valence-electron chi connectivity index (χ1n) is 3.33. The van der Waals surface area contributed by atoms with Gasteiger partial charge in [0.05, 0.1) is 0 Å². The Hall–Kier alpha value is -0.586. The zero-order chi connectivity index (χ0) is 7.07. The van der Waals surface area contributed by atoms with Crippen molar-refractivity contribution >= 4 is 0 Å². The number of rotatable bonds is 0. The van der Waals surface area contributed by atoms with Gasteiger partial charge in [0.25, 0.3) is 0 Å². The van der Waals surface area contributed by atoms with Crippen molar-refractivity contribution in [2.24, 2.45) is 0 Å². The van der Waals surface area contributed by atoms with E-state index in [1.165, 1.54) is 0 Å². The van der Waals surface area contributed by atoms with Crippen LogP contribution in [0, 0.1) is 0 Å². The Morgan fingerprint density at radius 1 is 0.545 bits per heavy atom. The van der Waals surface area contributed by atoms with Gasteiger partial charge in [-0.05, 0) is 0 Å². The van der Waals surface area contributed by atoms with Crippen LogP contribution < -0.4 is 0 Å². The molecule has 0 aliphatic rings. The first kappa shape index (κ1) is 10.4. The minimum absolute atomic E-state index is 0. The van der Waals surface area contributed by atoms with Gasteiger partial charge < -0.3 is 0 Å². The van der Waals surface area contributed by atoms with Gasteiger partial charge in [0.2, 0.25) is 0 Å². The molecule has 0 radical (unpaired) electrons. The molecule has 1 heteroatoms. The molecule has 0 bridgehead atoms. The SMILES string of the molecule is [TiH2].c1cc[cH-]c1.c1cc[cH-]c1. The standard InChI is InChI=1S/2C5H5.Ti.2H/c2*1-2-4-5-3-1;;;/h2*1-5H;;;/q2*-1;;;. The van der Waals surface area contributed by atoms with Crippen molar-refractivity contribution in [3.8, 4) is 0 Å². The maximum atomic E-state index is 2.00. The summed E-state index contributed by atoms with van der Waals surface area (Å²) in [4.78, 5) is 0. The Morgan fingerprint density at radius 2 is 0.818 bits per heavy atom. The van der Waals surface area contributed by atoms with E-state index in [0.29, 0.717) is 0 Å². The summed E-state index contributed by atoms with van der Waals surface area (Å²) in [6.45, 7) is 0. The van der Waals surface area contributed by atoms with E-state index in [4.69, 9.17) is 0 Å². The predicted molar refractivity (Wildman–Crippen MR) is 46.9 cm³/mol. The Kier molecular flexibility index (Phi) is 7.12. The Bertz CT molecular complexity index is 144. The van der Waals surface area contributed by atoms with Crippen molar-refractivity contribution in [1.82, 2.24) is 0 Å². The molecule has 2 aromatic carbocycles. The third kappa shape index (κ3) is 5.84. The molecular formula is C10H12Ti-2. The largest absolute Gasteiger partial charge is 0.214 e. The van der Waals surface area contributed by atoms with E-state index in [0.717, 1.165) is 0 Å². The summed E-state index contributed by atoms with van der Waals surface area (Å²) in [5.41, 5.74) is 0. The van der Waals surface area contributed by atoms with Crippen LogP contribution in [0.2, 0.25) is 0 Å². The summed E-state index contributed by atoms with van der Waals surface area (Å²) < 4.78 is 0. The summed E-state index contributed by atoms with van der Waals surface area (Å²) >= 11 is 0. The van der Waals surface area contributed by atoms with E-state index < -0.39 is 0 Å². The van der Waals surface area contributed by atoms with E-state index in [-0.39, 0.29) is 21.7 Å². The Morgan fingerprint density at radius 3 is 0.909 bits per heavy atom. The molecule has 2 aromatic rings. The van der Waals surface area contributed by atoms with Crippen LogP contribution in [-0.4, -0.2) is 0 Å². The second kappa shape index (κ2) is 7.52. The smallest absolute Gasteiger partial charge is 0.172 e. The van der Waals surface area contributed by atoms with Gasteiger partial charge in [-0.25, -0.2) is 24.3 Å². The molecule has 0 heterocycles. The van der Waals surface area contributed by atoms with E-state index in [1.807, 2.05) is 60.7 Å². The van der Waals surface area contributed by atoms with Crippen LogP contribution in [0.15, 0.2) is 60.7 Å². The molecule has 0 saturated carbocycles. The quantitative estimate of drug-likeness (QED) is 0.431. The van der Waals surface area contributed by atoms with Crippen LogP contribution in [0.5, 0.6) is 0 Å². The van der Waals surface area contributed by atoms with Gasteiger partial charge in [0.15, 0.2) is 0 Å². The molecular weight excluding hydrogens is 168 g/mol. The second-order valence-corrected chi connectivity index (χ2v) is 1.92. The zero-order valence-electron chi connectivity index (χ0n) is 6.48. The average molecular weight is 180 g/mol. The van der Waals surface area contributed by atoms with Gasteiger partial charge in [-0.2, -0.15) is 36.4 Å². The van der Waals surface area contributed by atoms with Gasteiger partial charge in [-0.3, -0.25) is 0 Å². The summed E-state index contributed by atoms with van der Waals surface area (Å²) in [7, 11) is 0. The second-order valence-electron chi connectivity index (χ2n) is 1.92. The molecule has 0 N–H and O–H groups in total. The maximum Gasteiger partial charge on any atom is -0.172 e. The first-order valence-corrected chi connectivity index (χ1v) is 3.33. The Labute approximate surface area is 82.5 Å². The molecule has 0 aliphatic carbocycles. The van der Waals surface area contributed by atoms with Gasteiger partial charge in [0, 0.05) is 0 Å². The number of hydrogen-bond donors (Lipinski definition) is 0. The molecule has 0 saturated heterocycles. The zero-order valence-corrected chi connectivity index (χ0v) is 8.69. The third-order valence-corrected chi connectivity index (χ3v) is 1.11. The van der Waals surface area contributed by atoms with Gasteiger partial charge in [-0.15, -0.1) is 0 Å². The van der Waals surface area contributed by atoms with Crippen LogP contribution in [-0.2, 0) is 21.7 Å². The van der Waals surface area contributed by atoms with Crippen molar-refractivity contribution in [2.75, 3.05) is 0 Å². The van der Waals surface area contributed by atoms with Crippen molar-refractivity contribution in [3.63, 3.8) is 0 Å². The molecule has 0 unspecified atom stereocenters. The molecule has 2 rings (SSSR count). The molecule has 0 aromatic heterocycles. The van der Waals surface area contributed by atoms with Gasteiger partial charge >= 0.3 is 21.7 Å². The predicted octanol–water partition coefficient (Wildman–Crippen LogP) is 2.27. The summed E-state index contributed by atoms with van der Waals surface area (Å²) in [5.74, 6) is 0. The fourth-order valence-electron chi connectivity index (χ4n) is 0.642. The normalized spacial score (nSPS) is 7.27. The van der Waals surface area contributed by atoms with Crippen LogP contribution >= 0.6 is 0 Å². The summed E-state index contributed by atoms with van der Waals surface area (Å²) in [5, 5.41) is 0. The van der Waals surface area contributed by atoms with Gasteiger partial charge in [0.1, 0.15) is 0 Å². The molecule has 58 valence electrons. The third-order valence-electron chi connectivity index (χ3n) is 1.11. The van der Waals surface area contributed by atoms with E-state index in [2.05, 4.69) is 0 Å². The number of hydrogen-bond acceptors (Lipinski definition) is 0. The topological polar surface area (TPSA) is 0 Å². The van der Waals surface area contributed by atoms with Crippen molar-refractivity contribution in [2.45, 2.75) is 0 Å². The maximum absolute atomic E-state index is 2.00. The molecule has 0 amide bonds. The fourth-order valence-corrected chi connectivity index (χ4v) is 0.642. The van der Waals surface area contributed by atoms with Crippen LogP contribution in [0.3, 0.4) is 0 Å². The molecule has 0 fully saturated rings. The van der Waals surface area contributed by atoms with E-state index in [9.17, 15) is 0 Å². The monoisotopic (exact) mass is 180 g/mol. The molecule has 0 aliphatic heterocycles. The molecule has 0 atom stereocenters. The Balaban J connectivity index is 0.000000167. The van der Waals surface area contributed by atoms with Crippen molar-refractivity contribution < 1.29 is 21.7 Å². The minimum atomic E-state index is 0. The summed E-state index contributed by atoms with van der Waals surface area (Å²) in [6.07, 6.45) is 0. The first-order chi connectivity index (χ1) is 5.00. The van der Waals surface area contributed by atoms with Crippen LogP contribution in [0.25, 0.3) is 0 Å². The summed E-state index contributed by atoms with van der Waals surface area (Å²) in [6, 6.07) is 20.0. The van der Waals surface area contributed by atoms with Crippen LogP contribution in [0.1, 0.15) is 0 Å².